The van der Waals surface area contributed by atoms with Crippen LogP contribution in [-0.2, 0) is 19.1 Å². The molecule has 0 aliphatic rings. The fourth-order valence-corrected chi connectivity index (χ4v) is 2.18. The van der Waals surface area contributed by atoms with Crippen molar-refractivity contribution in [2.24, 2.45) is 0 Å². The lowest BCUT2D eigenvalue weighted by molar-refractivity contribution is -0.147. The molecule has 142 valence electrons. The zero-order valence-corrected chi connectivity index (χ0v) is 15.1. The number of nitrogens with one attached hydrogen (secondary N) is 2. The largest absolute Gasteiger partial charge is 0.494 e. The summed E-state index contributed by atoms with van der Waals surface area (Å²) in [6.07, 6.45) is -0.122. The molecule has 2 rings (SSSR count). The molecular formula is C20H22N2O5. The minimum atomic E-state index is -0.611. The van der Waals surface area contributed by atoms with Crippen LogP contribution in [0.1, 0.15) is 19.8 Å². The molecule has 2 N–H and O–H groups in total. The lowest BCUT2D eigenvalue weighted by Gasteiger charge is -2.08. The van der Waals surface area contributed by atoms with Crippen molar-refractivity contribution in [2.75, 3.05) is 23.8 Å². The number of rotatable bonds is 9. The Morgan fingerprint density at radius 3 is 2.11 bits per heavy atom. The molecule has 0 aliphatic carbocycles. The molecule has 2 amide bonds. The normalized spacial score (nSPS) is 9.96. The van der Waals surface area contributed by atoms with E-state index in [1.807, 2.05) is 13.0 Å². The zero-order valence-electron chi connectivity index (χ0n) is 15.1. The van der Waals surface area contributed by atoms with E-state index in [2.05, 4.69) is 10.6 Å². The van der Waals surface area contributed by atoms with Gasteiger partial charge in [0, 0.05) is 17.8 Å². The Hall–Kier alpha value is -3.35. The number of para-hydroxylation sites is 1. The molecule has 2 aromatic rings. The van der Waals surface area contributed by atoms with Gasteiger partial charge in [0.2, 0.25) is 5.91 Å². The van der Waals surface area contributed by atoms with Crippen LogP contribution < -0.4 is 15.4 Å². The van der Waals surface area contributed by atoms with Gasteiger partial charge in [-0.05, 0) is 43.3 Å². The Morgan fingerprint density at radius 1 is 0.815 bits per heavy atom. The number of anilines is 2. The Morgan fingerprint density at radius 2 is 1.44 bits per heavy atom. The summed E-state index contributed by atoms with van der Waals surface area (Å²) in [5, 5.41) is 5.29. The molecule has 0 bridgehead atoms. The summed E-state index contributed by atoms with van der Waals surface area (Å²) in [6, 6.07) is 15.8. The highest BCUT2D eigenvalue weighted by Gasteiger charge is 2.11. The van der Waals surface area contributed by atoms with E-state index in [4.69, 9.17) is 9.47 Å². The average molecular weight is 370 g/mol. The predicted molar refractivity (Wildman–Crippen MR) is 102 cm³/mol. The van der Waals surface area contributed by atoms with Gasteiger partial charge in [-0.3, -0.25) is 14.4 Å². The monoisotopic (exact) mass is 370 g/mol. The van der Waals surface area contributed by atoms with Crippen LogP contribution in [-0.4, -0.2) is 31.0 Å². The van der Waals surface area contributed by atoms with E-state index in [1.165, 1.54) is 0 Å². The maximum atomic E-state index is 11.8. The smallest absolute Gasteiger partial charge is 0.306 e. The average Bonchev–Trinajstić information content (AvgIpc) is 2.67. The molecule has 0 atom stereocenters. The summed E-state index contributed by atoms with van der Waals surface area (Å²) in [5.41, 5.74) is 1.23. The number of hydrogen-bond acceptors (Lipinski definition) is 5. The van der Waals surface area contributed by atoms with Crippen LogP contribution in [0.25, 0.3) is 0 Å². The molecule has 0 saturated heterocycles. The van der Waals surface area contributed by atoms with Gasteiger partial charge in [0.05, 0.1) is 13.0 Å². The third-order valence-corrected chi connectivity index (χ3v) is 3.43. The van der Waals surface area contributed by atoms with Crippen molar-refractivity contribution in [3.63, 3.8) is 0 Å². The van der Waals surface area contributed by atoms with Crippen molar-refractivity contribution < 1.29 is 23.9 Å². The van der Waals surface area contributed by atoms with E-state index >= 15 is 0 Å². The lowest BCUT2D eigenvalue weighted by atomic mass is 10.2. The van der Waals surface area contributed by atoms with Crippen LogP contribution in [0.15, 0.2) is 54.6 Å². The molecule has 0 saturated carbocycles. The van der Waals surface area contributed by atoms with Gasteiger partial charge in [0.15, 0.2) is 6.61 Å². The molecule has 0 aromatic heterocycles. The maximum Gasteiger partial charge on any atom is 0.306 e. The number of carbonyl (C=O) groups is 3. The molecule has 0 heterocycles. The van der Waals surface area contributed by atoms with E-state index in [0.29, 0.717) is 23.7 Å². The Balaban J connectivity index is 1.65. The highest BCUT2D eigenvalue weighted by molar-refractivity contribution is 5.94. The van der Waals surface area contributed by atoms with Gasteiger partial charge in [-0.25, -0.2) is 0 Å². The molecule has 0 unspecified atom stereocenters. The number of ether oxygens (including phenoxy) is 2. The summed E-state index contributed by atoms with van der Waals surface area (Å²) in [7, 11) is 0. The number of carbonyl (C=O) groups excluding carboxylic acids is 3. The quantitative estimate of drug-likeness (QED) is 0.662. The Bertz CT molecular complexity index is 760. The number of hydrogen-bond donors (Lipinski definition) is 2. The van der Waals surface area contributed by atoms with Crippen molar-refractivity contribution >= 4 is 29.2 Å². The molecule has 7 nitrogen and oxygen atoms in total. The molecule has 0 fully saturated rings. The molecule has 7 heteroatoms. The number of benzene rings is 2. The third-order valence-electron chi connectivity index (χ3n) is 3.43. The Labute approximate surface area is 157 Å². The molecule has 0 aliphatic heterocycles. The van der Waals surface area contributed by atoms with E-state index in [0.717, 1.165) is 0 Å². The molecular weight excluding hydrogens is 348 g/mol. The highest BCUT2D eigenvalue weighted by Crippen LogP contribution is 2.15. The summed E-state index contributed by atoms with van der Waals surface area (Å²) in [6.45, 7) is 2.03. The topological polar surface area (TPSA) is 93.7 Å². The van der Waals surface area contributed by atoms with Crippen LogP contribution in [0.2, 0.25) is 0 Å². The zero-order chi connectivity index (χ0) is 19.5. The van der Waals surface area contributed by atoms with Crippen LogP contribution in [0, 0.1) is 0 Å². The molecule has 27 heavy (non-hydrogen) atoms. The van der Waals surface area contributed by atoms with Gasteiger partial charge in [-0.15, -0.1) is 0 Å². The van der Waals surface area contributed by atoms with Crippen molar-refractivity contribution in [1.29, 1.82) is 0 Å². The minimum absolute atomic E-state index is 0.0196. The first-order valence-corrected chi connectivity index (χ1v) is 8.60. The molecule has 0 spiro atoms. The highest BCUT2D eigenvalue weighted by atomic mass is 16.5. The number of amides is 2. The first kappa shape index (κ1) is 20.0. The van der Waals surface area contributed by atoms with Crippen molar-refractivity contribution in [3.05, 3.63) is 54.6 Å². The van der Waals surface area contributed by atoms with Gasteiger partial charge in [-0.2, -0.15) is 0 Å². The number of esters is 1. The maximum absolute atomic E-state index is 11.8. The molecule has 0 radical (unpaired) electrons. The van der Waals surface area contributed by atoms with Crippen molar-refractivity contribution in [2.45, 2.75) is 19.8 Å². The van der Waals surface area contributed by atoms with Crippen LogP contribution in [0.4, 0.5) is 11.4 Å². The van der Waals surface area contributed by atoms with Crippen LogP contribution in [0.5, 0.6) is 5.75 Å². The van der Waals surface area contributed by atoms with Gasteiger partial charge in [0.25, 0.3) is 5.91 Å². The van der Waals surface area contributed by atoms with E-state index in [1.54, 1.807) is 48.5 Å². The second-order valence-electron chi connectivity index (χ2n) is 5.58. The first-order valence-electron chi connectivity index (χ1n) is 8.60. The van der Waals surface area contributed by atoms with Crippen molar-refractivity contribution in [1.82, 2.24) is 0 Å². The Kier molecular flexibility index (Phi) is 7.84. The van der Waals surface area contributed by atoms with Crippen molar-refractivity contribution in [3.8, 4) is 5.75 Å². The summed E-state index contributed by atoms with van der Waals surface area (Å²) in [4.78, 5) is 35.2. The van der Waals surface area contributed by atoms with Crippen LogP contribution >= 0.6 is 0 Å². The summed E-state index contributed by atoms with van der Waals surface area (Å²) < 4.78 is 10.2. The first-order chi connectivity index (χ1) is 13.1. The van der Waals surface area contributed by atoms with E-state index < -0.39 is 18.5 Å². The fraction of sp³-hybridized carbons (Fsp3) is 0.250. The van der Waals surface area contributed by atoms with E-state index in [9.17, 15) is 14.4 Å². The van der Waals surface area contributed by atoms with Gasteiger partial charge >= 0.3 is 5.97 Å². The predicted octanol–water partition coefficient (Wildman–Crippen LogP) is 2.99. The standard InChI is InChI=1S/C20H22N2O5/c1-2-26-17-10-8-16(9-11-17)22-19(24)14-27-20(25)13-12-18(23)21-15-6-4-3-5-7-15/h3-11H,2,12-14H2,1H3,(H,21,23)(H,22,24). The minimum Gasteiger partial charge on any atom is -0.494 e. The van der Waals surface area contributed by atoms with Crippen LogP contribution in [0.3, 0.4) is 0 Å². The fourth-order valence-electron chi connectivity index (χ4n) is 2.18. The summed E-state index contributed by atoms with van der Waals surface area (Å²) in [5.74, 6) is -0.658. The van der Waals surface area contributed by atoms with Gasteiger partial charge < -0.3 is 20.1 Å². The second-order valence-corrected chi connectivity index (χ2v) is 5.58. The van der Waals surface area contributed by atoms with Gasteiger partial charge in [0.1, 0.15) is 5.75 Å². The molecule has 2 aromatic carbocycles. The van der Waals surface area contributed by atoms with Gasteiger partial charge in [-0.1, -0.05) is 18.2 Å². The third kappa shape index (κ3) is 7.60. The van der Waals surface area contributed by atoms with E-state index in [-0.39, 0.29) is 18.7 Å². The second kappa shape index (κ2) is 10.6. The SMILES string of the molecule is CCOc1ccc(NC(=O)COC(=O)CCC(=O)Nc2ccccc2)cc1. The lowest BCUT2D eigenvalue weighted by Crippen LogP contribution is -2.21. The summed E-state index contributed by atoms with van der Waals surface area (Å²) >= 11 is 0.